The Kier molecular flexibility index (Phi) is 4.97. The van der Waals surface area contributed by atoms with Crippen LogP contribution in [0.3, 0.4) is 0 Å². The molecule has 0 spiro atoms. The molecule has 114 valence electrons. The van der Waals surface area contributed by atoms with Gasteiger partial charge in [0.15, 0.2) is 0 Å². The fourth-order valence-corrected chi connectivity index (χ4v) is 3.44. The summed E-state index contributed by atoms with van der Waals surface area (Å²) in [6.45, 7) is 5.60. The molecule has 1 atom stereocenters. The van der Waals surface area contributed by atoms with Crippen LogP contribution in [0.15, 0.2) is 30.3 Å². The maximum atomic E-state index is 5.70. The Morgan fingerprint density at radius 3 is 2.57 bits per heavy atom. The number of nitrogens with zero attached hydrogens (tertiary/aromatic N) is 1. The van der Waals surface area contributed by atoms with E-state index in [2.05, 4.69) is 48.2 Å². The molecule has 2 nitrogen and oxygen atoms in total. The number of fused-ring (bicyclic) bond motifs is 3. The number of hydrogen-bond acceptors (Lipinski definition) is 2. The lowest BCUT2D eigenvalue weighted by Gasteiger charge is -2.44. The average Bonchev–Trinajstić information content (AvgIpc) is 2.55. The molecule has 0 saturated carbocycles. The minimum Gasteiger partial charge on any atom is -0.494 e. The van der Waals surface area contributed by atoms with Crippen molar-refractivity contribution in [1.82, 2.24) is 4.90 Å². The summed E-state index contributed by atoms with van der Waals surface area (Å²) in [6, 6.07) is 9.16. The molecule has 4 rings (SSSR count). The molecule has 2 heteroatoms. The van der Waals surface area contributed by atoms with Gasteiger partial charge in [-0.3, -0.25) is 4.90 Å². The van der Waals surface area contributed by atoms with Gasteiger partial charge in [0.25, 0.3) is 0 Å². The third-order valence-corrected chi connectivity index (χ3v) is 4.85. The fraction of sp³-hybridized carbons (Fsp3) is 0.579. The van der Waals surface area contributed by atoms with Gasteiger partial charge in [0, 0.05) is 6.04 Å². The fourth-order valence-electron chi connectivity index (χ4n) is 3.44. The van der Waals surface area contributed by atoms with Gasteiger partial charge in [-0.25, -0.2) is 0 Å². The van der Waals surface area contributed by atoms with Crippen molar-refractivity contribution in [2.24, 2.45) is 5.92 Å². The van der Waals surface area contributed by atoms with Crippen molar-refractivity contribution in [3.05, 3.63) is 35.9 Å². The van der Waals surface area contributed by atoms with E-state index < -0.39 is 0 Å². The van der Waals surface area contributed by atoms with Crippen molar-refractivity contribution >= 4 is 6.08 Å². The third kappa shape index (κ3) is 3.88. The lowest BCUT2D eigenvalue weighted by Crippen LogP contribution is -2.47. The third-order valence-electron chi connectivity index (χ3n) is 4.85. The van der Waals surface area contributed by atoms with E-state index in [1.807, 2.05) is 0 Å². The van der Waals surface area contributed by atoms with Crippen molar-refractivity contribution in [2.75, 3.05) is 19.7 Å². The van der Waals surface area contributed by atoms with E-state index in [9.17, 15) is 0 Å². The second kappa shape index (κ2) is 7.13. The maximum absolute atomic E-state index is 5.70. The molecule has 1 aromatic rings. The summed E-state index contributed by atoms with van der Waals surface area (Å²) in [4.78, 5) is 2.64. The molecule has 1 unspecified atom stereocenters. The molecule has 0 aromatic heterocycles. The van der Waals surface area contributed by atoms with Crippen LogP contribution in [0, 0.1) is 5.92 Å². The van der Waals surface area contributed by atoms with Crippen LogP contribution in [-0.2, 0) is 0 Å². The van der Waals surface area contributed by atoms with Crippen LogP contribution in [0.1, 0.15) is 44.6 Å². The van der Waals surface area contributed by atoms with Crippen molar-refractivity contribution in [3.63, 3.8) is 0 Å². The Morgan fingerprint density at radius 1 is 1.19 bits per heavy atom. The highest BCUT2D eigenvalue weighted by atomic mass is 16.5. The van der Waals surface area contributed by atoms with Gasteiger partial charge in [-0.05, 0) is 62.4 Å². The molecule has 3 aliphatic heterocycles. The number of benzene rings is 1. The number of unbranched alkanes of at least 4 members (excludes halogenated alkanes) is 1. The first kappa shape index (κ1) is 14.6. The number of rotatable bonds is 6. The molecule has 2 bridgehead atoms. The number of ether oxygens (including phenoxy) is 1. The van der Waals surface area contributed by atoms with Gasteiger partial charge in [-0.1, -0.05) is 37.6 Å². The average molecular weight is 285 g/mol. The number of hydrogen-bond donors (Lipinski definition) is 0. The second-order valence-corrected chi connectivity index (χ2v) is 6.41. The highest BCUT2D eigenvalue weighted by Gasteiger charge is 2.31. The standard InChI is InChI=1S/C19H27NO/c1-2-3-14-21-19-8-5-16(6-9-19)4-7-18-15-17-10-12-20(18)13-11-17/h4-9,17-18H,2-3,10-15H2,1H3. The van der Waals surface area contributed by atoms with Crippen molar-refractivity contribution in [3.8, 4) is 5.75 Å². The molecule has 3 aliphatic rings. The first-order chi connectivity index (χ1) is 10.3. The summed E-state index contributed by atoms with van der Waals surface area (Å²) in [6.07, 6.45) is 11.2. The van der Waals surface area contributed by atoms with Crippen LogP contribution in [-0.4, -0.2) is 30.6 Å². The first-order valence-electron chi connectivity index (χ1n) is 8.50. The lowest BCUT2D eigenvalue weighted by atomic mass is 9.83. The van der Waals surface area contributed by atoms with Crippen LogP contribution in [0.2, 0.25) is 0 Å². The zero-order valence-electron chi connectivity index (χ0n) is 13.1. The predicted molar refractivity (Wildman–Crippen MR) is 88.6 cm³/mol. The molecule has 0 radical (unpaired) electrons. The van der Waals surface area contributed by atoms with E-state index in [1.165, 1.54) is 44.3 Å². The van der Waals surface area contributed by atoms with Crippen molar-refractivity contribution < 1.29 is 4.74 Å². The molecular formula is C19H27NO. The summed E-state index contributed by atoms with van der Waals surface area (Å²) >= 11 is 0. The van der Waals surface area contributed by atoms with Crippen LogP contribution in [0.4, 0.5) is 0 Å². The van der Waals surface area contributed by atoms with Gasteiger partial charge in [0.1, 0.15) is 5.75 Å². The lowest BCUT2D eigenvalue weighted by molar-refractivity contribution is 0.0740. The Balaban J connectivity index is 1.54. The largest absolute Gasteiger partial charge is 0.494 e. The Morgan fingerprint density at radius 2 is 1.95 bits per heavy atom. The van der Waals surface area contributed by atoms with Gasteiger partial charge < -0.3 is 4.74 Å². The molecule has 0 amide bonds. The normalized spacial score (nSPS) is 28.1. The zero-order valence-corrected chi connectivity index (χ0v) is 13.1. The van der Waals surface area contributed by atoms with E-state index in [0.29, 0.717) is 6.04 Å². The Bertz CT molecular complexity index is 457. The van der Waals surface area contributed by atoms with E-state index in [1.54, 1.807) is 0 Å². The first-order valence-corrected chi connectivity index (χ1v) is 8.50. The van der Waals surface area contributed by atoms with Crippen molar-refractivity contribution in [1.29, 1.82) is 0 Å². The molecule has 3 fully saturated rings. The minimum absolute atomic E-state index is 0.665. The molecule has 3 heterocycles. The highest BCUT2D eigenvalue weighted by Crippen LogP contribution is 2.32. The minimum atomic E-state index is 0.665. The zero-order chi connectivity index (χ0) is 14.5. The smallest absolute Gasteiger partial charge is 0.119 e. The van der Waals surface area contributed by atoms with Crippen molar-refractivity contribution in [2.45, 2.75) is 45.1 Å². The van der Waals surface area contributed by atoms with Gasteiger partial charge >= 0.3 is 0 Å². The molecule has 1 aromatic carbocycles. The SMILES string of the molecule is CCCCOc1ccc(C=CC2CC3CCN2CC3)cc1. The van der Waals surface area contributed by atoms with Gasteiger partial charge in [0.2, 0.25) is 0 Å². The van der Waals surface area contributed by atoms with Gasteiger partial charge in [-0.15, -0.1) is 0 Å². The van der Waals surface area contributed by atoms with Crippen LogP contribution in [0.25, 0.3) is 6.08 Å². The summed E-state index contributed by atoms with van der Waals surface area (Å²) in [7, 11) is 0. The maximum Gasteiger partial charge on any atom is 0.119 e. The predicted octanol–water partition coefficient (Wildman–Crippen LogP) is 4.36. The number of piperidine rings is 3. The quantitative estimate of drug-likeness (QED) is 0.720. The topological polar surface area (TPSA) is 12.5 Å². The second-order valence-electron chi connectivity index (χ2n) is 6.41. The highest BCUT2D eigenvalue weighted by molar-refractivity contribution is 5.51. The van der Waals surface area contributed by atoms with Gasteiger partial charge in [0.05, 0.1) is 6.61 Å². The van der Waals surface area contributed by atoms with E-state index >= 15 is 0 Å². The summed E-state index contributed by atoms with van der Waals surface area (Å²) < 4.78 is 5.70. The van der Waals surface area contributed by atoms with Crippen LogP contribution < -0.4 is 4.74 Å². The van der Waals surface area contributed by atoms with Crippen LogP contribution in [0.5, 0.6) is 5.75 Å². The molecular weight excluding hydrogens is 258 g/mol. The Labute approximate surface area is 128 Å². The van der Waals surface area contributed by atoms with E-state index in [4.69, 9.17) is 4.74 Å². The summed E-state index contributed by atoms with van der Waals surface area (Å²) in [5, 5.41) is 0. The molecule has 0 aliphatic carbocycles. The van der Waals surface area contributed by atoms with E-state index in [-0.39, 0.29) is 0 Å². The summed E-state index contributed by atoms with van der Waals surface area (Å²) in [5.41, 5.74) is 1.28. The molecule has 21 heavy (non-hydrogen) atoms. The summed E-state index contributed by atoms with van der Waals surface area (Å²) in [5.74, 6) is 1.96. The molecule has 0 N–H and O–H groups in total. The molecule has 3 saturated heterocycles. The van der Waals surface area contributed by atoms with Crippen LogP contribution >= 0.6 is 0 Å². The van der Waals surface area contributed by atoms with E-state index in [0.717, 1.165) is 24.7 Å². The van der Waals surface area contributed by atoms with Gasteiger partial charge in [-0.2, -0.15) is 0 Å². The monoisotopic (exact) mass is 285 g/mol. The Hall–Kier alpha value is -1.28.